The van der Waals surface area contributed by atoms with Gasteiger partial charge in [0.05, 0.1) is 12.1 Å². The molecule has 0 radical (unpaired) electrons. The van der Waals surface area contributed by atoms with Crippen molar-refractivity contribution in [3.05, 3.63) is 65.7 Å². The monoisotopic (exact) mass is 363 g/mol. The molecular weight excluding hydrogens is 343 g/mol. The molecule has 2 aromatic rings. The Hall–Kier alpha value is -2.50. The van der Waals surface area contributed by atoms with Crippen LogP contribution in [0.4, 0.5) is 13.2 Å². The van der Waals surface area contributed by atoms with Crippen LogP contribution in [-0.4, -0.2) is 31.0 Å². The van der Waals surface area contributed by atoms with Crippen molar-refractivity contribution in [3.63, 3.8) is 0 Å². The molecule has 0 N–H and O–H groups in total. The molecule has 0 heterocycles. The van der Waals surface area contributed by atoms with Crippen LogP contribution in [0.5, 0.6) is 5.75 Å². The number of carbonyl (C=O) groups is 1. The van der Waals surface area contributed by atoms with Crippen LogP contribution >= 0.6 is 0 Å². The first-order chi connectivity index (χ1) is 12.4. The van der Waals surface area contributed by atoms with Crippen molar-refractivity contribution < 1.29 is 22.7 Å². The van der Waals surface area contributed by atoms with Gasteiger partial charge in [0.1, 0.15) is 12.4 Å². The molecule has 0 saturated heterocycles. The van der Waals surface area contributed by atoms with Crippen molar-refractivity contribution >= 4 is 5.91 Å². The summed E-state index contributed by atoms with van der Waals surface area (Å²) < 4.78 is 43.4. The number of para-hydroxylation sites is 1. The van der Waals surface area contributed by atoms with Crippen LogP contribution in [0.15, 0.2) is 54.6 Å². The third-order valence-electron chi connectivity index (χ3n) is 4.59. The van der Waals surface area contributed by atoms with E-state index in [2.05, 4.69) is 0 Å². The Morgan fingerprint density at radius 2 is 1.77 bits per heavy atom. The van der Waals surface area contributed by atoms with Gasteiger partial charge < -0.3 is 9.64 Å². The largest absolute Gasteiger partial charge is 0.492 e. The molecule has 1 aliphatic carbocycles. The van der Waals surface area contributed by atoms with Crippen LogP contribution in [-0.2, 0) is 11.0 Å². The van der Waals surface area contributed by atoms with E-state index in [0.29, 0.717) is 19.6 Å². The number of benzene rings is 2. The lowest BCUT2D eigenvalue weighted by Gasteiger charge is -2.17. The first-order valence-electron chi connectivity index (χ1n) is 8.46. The van der Waals surface area contributed by atoms with E-state index in [0.717, 1.165) is 23.4 Å². The summed E-state index contributed by atoms with van der Waals surface area (Å²) in [4.78, 5) is 14.1. The second-order valence-electron chi connectivity index (χ2n) is 6.49. The van der Waals surface area contributed by atoms with Crippen LogP contribution in [0, 0.1) is 5.92 Å². The molecule has 3 nitrogen and oxygen atoms in total. The highest BCUT2D eigenvalue weighted by Gasteiger charge is 2.45. The molecule has 0 aromatic heterocycles. The Kier molecular flexibility index (Phi) is 5.20. The van der Waals surface area contributed by atoms with E-state index in [-0.39, 0.29) is 17.7 Å². The van der Waals surface area contributed by atoms with Crippen LogP contribution in [0.3, 0.4) is 0 Å². The Morgan fingerprint density at radius 1 is 1.12 bits per heavy atom. The van der Waals surface area contributed by atoms with Gasteiger partial charge in [0.2, 0.25) is 5.91 Å². The third kappa shape index (κ3) is 4.36. The van der Waals surface area contributed by atoms with E-state index in [1.807, 2.05) is 30.3 Å². The van der Waals surface area contributed by atoms with E-state index in [4.69, 9.17) is 4.74 Å². The summed E-state index contributed by atoms with van der Waals surface area (Å²) in [6.07, 6.45) is -3.66. The number of halogens is 3. The van der Waals surface area contributed by atoms with Gasteiger partial charge >= 0.3 is 6.18 Å². The third-order valence-corrected chi connectivity index (χ3v) is 4.59. The predicted octanol–water partition coefficient (Wildman–Crippen LogP) is 4.35. The van der Waals surface area contributed by atoms with Gasteiger partial charge in [-0.15, -0.1) is 0 Å². The summed E-state index contributed by atoms with van der Waals surface area (Å²) >= 11 is 0. The predicted molar refractivity (Wildman–Crippen MR) is 91.9 cm³/mol. The van der Waals surface area contributed by atoms with E-state index in [1.54, 1.807) is 11.9 Å². The summed E-state index contributed by atoms with van der Waals surface area (Å²) in [5.41, 5.74) is 0.116. The highest BCUT2D eigenvalue weighted by Crippen LogP contribution is 2.48. The first kappa shape index (κ1) is 18.3. The molecule has 2 atom stereocenters. The number of carbonyl (C=O) groups excluding carboxylic acids is 1. The summed E-state index contributed by atoms with van der Waals surface area (Å²) in [5.74, 6) is 0.602. The second-order valence-corrected chi connectivity index (χ2v) is 6.49. The fourth-order valence-corrected chi connectivity index (χ4v) is 2.97. The van der Waals surface area contributed by atoms with Gasteiger partial charge in [-0.3, -0.25) is 4.79 Å². The van der Waals surface area contributed by atoms with Gasteiger partial charge in [0.25, 0.3) is 0 Å². The molecule has 26 heavy (non-hydrogen) atoms. The normalized spacial score (nSPS) is 19.1. The highest BCUT2D eigenvalue weighted by molar-refractivity contribution is 5.82. The van der Waals surface area contributed by atoms with Crippen molar-refractivity contribution in [1.82, 2.24) is 4.90 Å². The van der Waals surface area contributed by atoms with Crippen molar-refractivity contribution in [3.8, 4) is 5.75 Å². The molecule has 1 saturated carbocycles. The average molecular weight is 363 g/mol. The zero-order valence-electron chi connectivity index (χ0n) is 14.4. The van der Waals surface area contributed by atoms with Gasteiger partial charge in [0, 0.05) is 13.0 Å². The number of alkyl halides is 3. The number of hydrogen-bond acceptors (Lipinski definition) is 2. The maximum Gasteiger partial charge on any atom is 0.416 e. The minimum atomic E-state index is -4.34. The zero-order valence-corrected chi connectivity index (χ0v) is 14.4. The van der Waals surface area contributed by atoms with Crippen LogP contribution < -0.4 is 4.74 Å². The minimum Gasteiger partial charge on any atom is -0.492 e. The van der Waals surface area contributed by atoms with Crippen LogP contribution in [0.1, 0.15) is 23.5 Å². The average Bonchev–Trinajstić information content (AvgIpc) is 3.42. The lowest BCUT2D eigenvalue weighted by molar-refractivity contribution is -0.137. The van der Waals surface area contributed by atoms with Crippen molar-refractivity contribution in [2.75, 3.05) is 20.2 Å². The lowest BCUT2D eigenvalue weighted by Crippen LogP contribution is -2.32. The number of rotatable bonds is 6. The minimum absolute atomic E-state index is 0.00211. The smallest absolute Gasteiger partial charge is 0.416 e. The van der Waals surface area contributed by atoms with Gasteiger partial charge in [0.15, 0.2) is 0 Å². The molecule has 0 spiro atoms. The zero-order chi connectivity index (χ0) is 18.7. The number of ether oxygens (including phenoxy) is 1. The first-order valence-corrected chi connectivity index (χ1v) is 8.46. The van der Waals surface area contributed by atoms with Gasteiger partial charge in [-0.05, 0) is 42.2 Å². The SMILES string of the molecule is CN(CCOc1ccccc1)C(=O)C1CC1c1ccc(C(F)(F)F)cc1. The Morgan fingerprint density at radius 3 is 2.38 bits per heavy atom. The molecular formula is C20H20F3NO2. The topological polar surface area (TPSA) is 29.5 Å². The lowest BCUT2D eigenvalue weighted by atomic mass is 10.1. The van der Waals surface area contributed by atoms with Crippen LogP contribution in [0.2, 0.25) is 0 Å². The number of hydrogen-bond donors (Lipinski definition) is 0. The Bertz CT molecular complexity index is 744. The number of nitrogens with zero attached hydrogens (tertiary/aromatic N) is 1. The van der Waals surface area contributed by atoms with Crippen LogP contribution in [0.25, 0.3) is 0 Å². The van der Waals surface area contributed by atoms with E-state index >= 15 is 0 Å². The molecule has 0 bridgehead atoms. The molecule has 1 fully saturated rings. The fraction of sp³-hybridized carbons (Fsp3) is 0.350. The second kappa shape index (κ2) is 7.40. The van der Waals surface area contributed by atoms with Gasteiger partial charge in [-0.25, -0.2) is 0 Å². The molecule has 3 rings (SSSR count). The number of amides is 1. The molecule has 2 aromatic carbocycles. The molecule has 2 unspecified atom stereocenters. The standard InChI is InChI=1S/C20H20F3NO2/c1-24(11-12-26-16-5-3-2-4-6-16)19(25)18-13-17(18)14-7-9-15(10-8-14)20(21,22)23/h2-10,17-18H,11-13H2,1H3. The molecule has 6 heteroatoms. The van der Waals surface area contributed by atoms with E-state index in [9.17, 15) is 18.0 Å². The molecule has 1 aliphatic rings. The molecule has 1 amide bonds. The Balaban J connectivity index is 1.48. The molecule has 0 aliphatic heterocycles. The summed E-state index contributed by atoms with van der Waals surface area (Å²) in [6.45, 7) is 0.855. The Labute approximate surface area is 150 Å². The maximum absolute atomic E-state index is 12.6. The highest BCUT2D eigenvalue weighted by atomic mass is 19.4. The summed E-state index contributed by atoms with van der Waals surface area (Å²) in [7, 11) is 1.72. The van der Waals surface area contributed by atoms with Gasteiger partial charge in [-0.2, -0.15) is 13.2 Å². The number of likely N-dealkylation sites (N-methyl/N-ethyl adjacent to an activating group) is 1. The van der Waals surface area contributed by atoms with Gasteiger partial charge in [-0.1, -0.05) is 30.3 Å². The van der Waals surface area contributed by atoms with E-state index < -0.39 is 11.7 Å². The van der Waals surface area contributed by atoms with Crippen molar-refractivity contribution in [2.45, 2.75) is 18.5 Å². The van der Waals surface area contributed by atoms with Crippen molar-refractivity contribution in [2.24, 2.45) is 5.92 Å². The quantitative estimate of drug-likeness (QED) is 0.764. The molecule has 138 valence electrons. The summed E-state index contributed by atoms with van der Waals surface area (Å²) in [6, 6.07) is 14.5. The fourth-order valence-electron chi connectivity index (χ4n) is 2.97. The maximum atomic E-state index is 12.6. The summed E-state index contributed by atoms with van der Waals surface area (Å²) in [5, 5.41) is 0. The van der Waals surface area contributed by atoms with E-state index in [1.165, 1.54) is 12.1 Å². The van der Waals surface area contributed by atoms with Crippen molar-refractivity contribution in [1.29, 1.82) is 0 Å².